The Labute approximate surface area is 177 Å². The van der Waals surface area contributed by atoms with Crippen LogP contribution in [0.15, 0.2) is 47.8 Å². The summed E-state index contributed by atoms with van der Waals surface area (Å²) in [6.07, 6.45) is 1.76. The molecule has 1 fully saturated rings. The Balaban J connectivity index is 1.42. The monoisotopic (exact) mass is 427 g/mol. The van der Waals surface area contributed by atoms with Crippen LogP contribution in [-0.4, -0.2) is 35.5 Å². The van der Waals surface area contributed by atoms with Crippen molar-refractivity contribution >= 4 is 44.3 Å². The molecule has 0 bridgehead atoms. The Morgan fingerprint density at radius 3 is 2.69 bits per heavy atom. The molecule has 2 heterocycles. The Bertz CT molecular complexity index is 1030. The molecule has 0 radical (unpaired) electrons. The maximum absolute atomic E-state index is 11.9. The van der Waals surface area contributed by atoms with E-state index in [0.29, 0.717) is 13.2 Å². The minimum absolute atomic E-state index is 0.124. The number of imide groups is 1. The van der Waals surface area contributed by atoms with Crippen molar-refractivity contribution in [1.82, 2.24) is 4.90 Å². The second kappa shape index (κ2) is 8.88. The van der Waals surface area contributed by atoms with Crippen molar-refractivity contribution in [2.45, 2.75) is 19.4 Å². The predicted molar refractivity (Wildman–Crippen MR) is 117 cm³/mol. The van der Waals surface area contributed by atoms with Crippen LogP contribution in [0.2, 0.25) is 0 Å². The van der Waals surface area contributed by atoms with Crippen LogP contribution < -0.4 is 9.47 Å². The van der Waals surface area contributed by atoms with Crippen LogP contribution in [0, 0.1) is 0 Å². The number of carbonyl (C=O) groups excluding carboxylic acids is 2. The molecule has 1 aromatic heterocycles. The molecular formula is C22H21NO4S2. The van der Waals surface area contributed by atoms with Crippen LogP contribution >= 0.6 is 23.1 Å². The van der Waals surface area contributed by atoms with E-state index in [-0.39, 0.29) is 16.9 Å². The third-order valence-corrected chi connectivity index (χ3v) is 6.72. The summed E-state index contributed by atoms with van der Waals surface area (Å²) in [4.78, 5) is 25.2. The van der Waals surface area contributed by atoms with Gasteiger partial charge in [-0.3, -0.25) is 14.5 Å². The first-order valence-corrected chi connectivity index (χ1v) is 11.2. The largest absolute Gasteiger partial charge is 0.496 e. The number of benzene rings is 2. The van der Waals surface area contributed by atoms with E-state index in [1.807, 2.05) is 41.8 Å². The Morgan fingerprint density at radius 2 is 1.90 bits per heavy atom. The van der Waals surface area contributed by atoms with Gasteiger partial charge in [0.15, 0.2) is 0 Å². The lowest BCUT2D eigenvalue weighted by Crippen LogP contribution is -2.27. The third-order valence-electron chi connectivity index (χ3n) is 4.87. The van der Waals surface area contributed by atoms with Gasteiger partial charge in [0.1, 0.15) is 11.5 Å². The molecule has 1 saturated heterocycles. The van der Waals surface area contributed by atoms with Gasteiger partial charge in [-0.15, -0.1) is 11.3 Å². The van der Waals surface area contributed by atoms with Gasteiger partial charge in [0.2, 0.25) is 5.91 Å². The maximum Gasteiger partial charge on any atom is 0.289 e. The number of fused-ring (bicyclic) bond motifs is 1. The lowest BCUT2D eigenvalue weighted by molar-refractivity contribution is -0.124. The summed E-state index contributed by atoms with van der Waals surface area (Å²) in [7, 11) is 1.69. The maximum atomic E-state index is 11.9. The number of aryl methyl sites for hydroxylation is 1. The van der Waals surface area contributed by atoms with Crippen LogP contribution in [0.4, 0.5) is 4.79 Å². The van der Waals surface area contributed by atoms with Crippen molar-refractivity contribution in [3.63, 3.8) is 0 Å². The van der Waals surface area contributed by atoms with Crippen molar-refractivity contribution in [2.24, 2.45) is 0 Å². The number of hydrogen-bond acceptors (Lipinski definition) is 6. The van der Waals surface area contributed by atoms with Crippen molar-refractivity contribution < 1.29 is 19.1 Å². The number of methoxy groups -OCH3 is 1. The second-order valence-electron chi connectivity index (χ2n) is 6.68. The van der Waals surface area contributed by atoms with E-state index in [9.17, 15) is 9.59 Å². The average Bonchev–Trinajstić information content (AvgIpc) is 3.35. The predicted octanol–water partition coefficient (Wildman–Crippen LogP) is 5.12. The van der Waals surface area contributed by atoms with E-state index >= 15 is 0 Å². The molecule has 0 aliphatic carbocycles. The number of amides is 2. The highest BCUT2D eigenvalue weighted by molar-refractivity contribution is 8.14. The number of carbonyl (C=O) groups is 2. The molecule has 150 valence electrons. The Morgan fingerprint density at radius 1 is 1.03 bits per heavy atom. The summed E-state index contributed by atoms with van der Waals surface area (Å²) in [5.41, 5.74) is 2.15. The molecule has 0 atom stereocenters. The highest BCUT2D eigenvalue weighted by Crippen LogP contribution is 2.34. The van der Waals surface area contributed by atoms with E-state index < -0.39 is 0 Å². The number of rotatable bonds is 8. The first-order valence-electron chi connectivity index (χ1n) is 9.38. The number of ether oxygens (including phenoxy) is 2. The van der Waals surface area contributed by atoms with E-state index in [1.165, 1.54) is 10.5 Å². The fraction of sp³-hybridized carbons (Fsp3) is 0.273. The lowest BCUT2D eigenvalue weighted by Gasteiger charge is -2.15. The van der Waals surface area contributed by atoms with Gasteiger partial charge in [-0.1, -0.05) is 36.0 Å². The van der Waals surface area contributed by atoms with Gasteiger partial charge >= 0.3 is 0 Å². The molecule has 2 amide bonds. The number of nitrogens with zero attached hydrogens (tertiary/aromatic N) is 1. The summed E-state index contributed by atoms with van der Waals surface area (Å²) in [5, 5.41) is 2.87. The van der Waals surface area contributed by atoms with Crippen LogP contribution in [0.25, 0.3) is 10.1 Å². The van der Waals surface area contributed by atoms with Gasteiger partial charge in [0.25, 0.3) is 5.24 Å². The molecule has 5 nitrogen and oxygen atoms in total. The van der Waals surface area contributed by atoms with Crippen LogP contribution in [0.3, 0.4) is 0 Å². The van der Waals surface area contributed by atoms with Crippen molar-refractivity contribution in [1.29, 1.82) is 0 Å². The van der Waals surface area contributed by atoms with Crippen molar-refractivity contribution in [3.8, 4) is 11.5 Å². The first kappa shape index (κ1) is 19.8. The summed E-state index contributed by atoms with van der Waals surface area (Å²) in [6.45, 7) is 0.915. The molecule has 7 heteroatoms. The molecule has 0 spiro atoms. The molecule has 4 rings (SSSR count). The SMILES string of the molecule is COc1ccccc1CCCOc1ccc(CN2C(=O)CSC2=O)c2sccc12. The highest BCUT2D eigenvalue weighted by atomic mass is 32.2. The topological polar surface area (TPSA) is 55.8 Å². The van der Waals surface area contributed by atoms with E-state index in [0.717, 1.165) is 51.8 Å². The standard InChI is InChI=1S/C22H21NO4S2/c1-26-18-7-3-2-5-15(18)6-4-11-27-19-9-8-16(21-17(19)10-12-28-21)13-23-20(24)14-29-22(23)25/h2-3,5,7-10,12H,4,6,11,13-14H2,1H3. The molecule has 29 heavy (non-hydrogen) atoms. The van der Waals surface area contributed by atoms with Gasteiger partial charge in [-0.25, -0.2) is 0 Å². The highest BCUT2D eigenvalue weighted by Gasteiger charge is 2.30. The number of thiophene rings is 1. The number of thioether (sulfide) groups is 1. The first-order chi connectivity index (χ1) is 14.2. The molecule has 1 aliphatic heterocycles. The van der Waals surface area contributed by atoms with Gasteiger partial charge < -0.3 is 9.47 Å². The zero-order valence-electron chi connectivity index (χ0n) is 16.1. The minimum Gasteiger partial charge on any atom is -0.496 e. The number of para-hydroxylation sites is 1. The molecule has 3 aromatic rings. The molecule has 1 aliphatic rings. The second-order valence-corrected chi connectivity index (χ2v) is 8.53. The zero-order chi connectivity index (χ0) is 20.2. The Hall–Kier alpha value is -2.51. The van der Waals surface area contributed by atoms with Crippen LogP contribution in [-0.2, 0) is 17.8 Å². The van der Waals surface area contributed by atoms with Gasteiger partial charge in [-0.05, 0) is 47.5 Å². The van der Waals surface area contributed by atoms with Crippen LogP contribution in [0.5, 0.6) is 11.5 Å². The fourth-order valence-corrected chi connectivity index (χ4v) is 5.05. The van der Waals surface area contributed by atoms with E-state index in [1.54, 1.807) is 18.4 Å². The zero-order valence-corrected chi connectivity index (χ0v) is 17.7. The molecule has 0 saturated carbocycles. The molecule has 0 N–H and O–H groups in total. The molecule has 2 aromatic carbocycles. The molecule has 0 unspecified atom stereocenters. The number of hydrogen-bond donors (Lipinski definition) is 0. The van der Waals surface area contributed by atoms with Gasteiger partial charge in [0, 0.05) is 10.1 Å². The normalized spacial score (nSPS) is 14.0. The quantitative estimate of drug-likeness (QED) is 0.467. The third kappa shape index (κ3) is 4.26. The fourth-order valence-electron chi connectivity index (χ4n) is 3.40. The average molecular weight is 428 g/mol. The summed E-state index contributed by atoms with van der Waals surface area (Å²) in [6, 6.07) is 13.9. The van der Waals surface area contributed by atoms with Gasteiger partial charge in [-0.2, -0.15) is 0 Å². The minimum atomic E-state index is -0.170. The van der Waals surface area contributed by atoms with E-state index in [4.69, 9.17) is 9.47 Å². The summed E-state index contributed by atoms with van der Waals surface area (Å²) >= 11 is 2.67. The van der Waals surface area contributed by atoms with Crippen molar-refractivity contribution in [2.75, 3.05) is 19.5 Å². The summed E-state index contributed by atoms with van der Waals surface area (Å²) in [5.74, 6) is 1.85. The Kier molecular flexibility index (Phi) is 6.06. The summed E-state index contributed by atoms with van der Waals surface area (Å²) < 4.78 is 12.5. The lowest BCUT2D eigenvalue weighted by atomic mass is 10.1. The van der Waals surface area contributed by atoms with Gasteiger partial charge in [0.05, 0.1) is 26.0 Å². The van der Waals surface area contributed by atoms with E-state index in [2.05, 4.69) is 6.07 Å². The van der Waals surface area contributed by atoms with Crippen LogP contribution in [0.1, 0.15) is 17.5 Å². The smallest absolute Gasteiger partial charge is 0.289 e. The van der Waals surface area contributed by atoms with Crippen molar-refractivity contribution in [3.05, 3.63) is 59.0 Å². The molecular weight excluding hydrogens is 406 g/mol.